The van der Waals surface area contributed by atoms with E-state index >= 15 is 0 Å². The molecule has 1 saturated heterocycles. The van der Waals surface area contributed by atoms with Gasteiger partial charge in [0.25, 0.3) is 5.91 Å². The molecule has 0 aromatic heterocycles. The van der Waals surface area contributed by atoms with Crippen LogP contribution in [0.4, 0.5) is 28.9 Å². The van der Waals surface area contributed by atoms with E-state index in [9.17, 15) is 22.4 Å². The van der Waals surface area contributed by atoms with E-state index in [2.05, 4.69) is 21.2 Å². The Balaban J connectivity index is 1.82. The molecule has 0 radical (unpaired) electrons. The van der Waals surface area contributed by atoms with Gasteiger partial charge in [-0.05, 0) is 59.3 Å². The lowest BCUT2D eigenvalue weighted by Crippen LogP contribution is -2.37. The average Bonchev–Trinajstić information content (AvgIpc) is 2.70. The number of hydrogen-bond donors (Lipinski definition) is 1. The van der Waals surface area contributed by atoms with Crippen molar-refractivity contribution in [3.63, 3.8) is 0 Å². The molecule has 1 fully saturated rings. The molecule has 5 nitrogen and oxygen atoms in total. The number of carbonyl (C=O) groups is 1. The molecule has 1 unspecified atom stereocenters. The molecule has 2 aromatic rings. The van der Waals surface area contributed by atoms with Gasteiger partial charge < -0.3 is 19.7 Å². The first-order valence-electron chi connectivity index (χ1n) is 9.11. The van der Waals surface area contributed by atoms with Crippen molar-refractivity contribution in [3.05, 3.63) is 52.3 Å². The number of carbonyl (C=O) groups excluding carboxylic acids is 1. The molecule has 1 aliphatic heterocycles. The van der Waals surface area contributed by atoms with Crippen LogP contribution < -0.4 is 15.0 Å². The third-order valence-electron chi connectivity index (χ3n) is 4.50. The summed E-state index contributed by atoms with van der Waals surface area (Å²) in [6.07, 6.45) is -5.59. The van der Waals surface area contributed by atoms with Crippen LogP contribution >= 0.6 is 15.9 Å². The molecule has 1 N–H and O–H groups in total. The highest BCUT2D eigenvalue weighted by atomic mass is 79.9. The zero-order valence-electron chi connectivity index (χ0n) is 15.9. The number of amides is 1. The van der Waals surface area contributed by atoms with Crippen molar-refractivity contribution in [1.29, 1.82) is 0 Å². The summed E-state index contributed by atoms with van der Waals surface area (Å²) >= 11 is 3.15. The maximum absolute atomic E-state index is 13.2. The van der Waals surface area contributed by atoms with Gasteiger partial charge in [-0.2, -0.15) is 13.2 Å². The highest BCUT2D eigenvalue weighted by Gasteiger charge is 2.32. The average molecular weight is 491 g/mol. The topological polar surface area (TPSA) is 50.8 Å². The van der Waals surface area contributed by atoms with Crippen LogP contribution in [0, 0.1) is 5.82 Å². The molecule has 3 rings (SSSR count). The zero-order valence-corrected chi connectivity index (χ0v) is 17.5. The Morgan fingerprint density at radius 1 is 1.20 bits per heavy atom. The third-order valence-corrected chi connectivity index (χ3v) is 5.12. The van der Waals surface area contributed by atoms with E-state index in [4.69, 9.17) is 9.47 Å². The summed E-state index contributed by atoms with van der Waals surface area (Å²) in [5.74, 6) is -0.887. The van der Waals surface area contributed by atoms with Gasteiger partial charge in [-0.3, -0.25) is 4.79 Å². The van der Waals surface area contributed by atoms with Gasteiger partial charge >= 0.3 is 6.18 Å². The van der Waals surface area contributed by atoms with Crippen LogP contribution in [0.15, 0.2) is 40.9 Å². The summed E-state index contributed by atoms with van der Waals surface area (Å²) in [5, 5.41) is 2.54. The summed E-state index contributed by atoms with van der Waals surface area (Å²) in [7, 11) is 0. The second-order valence-electron chi connectivity index (χ2n) is 6.65. The monoisotopic (exact) mass is 490 g/mol. The van der Waals surface area contributed by atoms with Crippen LogP contribution in [0.3, 0.4) is 0 Å². The highest BCUT2D eigenvalue weighted by molar-refractivity contribution is 9.10. The minimum absolute atomic E-state index is 0.0327. The number of benzene rings is 2. The van der Waals surface area contributed by atoms with Crippen molar-refractivity contribution in [3.8, 4) is 5.75 Å². The predicted octanol–water partition coefficient (Wildman–Crippen LogP) is 4.85. The van der Waals surface area contributed by atoms with Crippen molar-refractivity contribution in [2.75, 3.05) is 36.5 Å². The minimum Gasteiger partial charge on any atom is -0.480 e. The molecule has 1 aliphatic rings. The van der Waals surface area contributed by atoms with Gasteiger partial charge in [0.15, 0.2) is 6.10 Å². The molecule has 1 atom stereocenters. The molecule has 0 aliphatic carbocycles. The third kappa shape index (κ3) is 5.42. The Kier molecular flexibility index (Phi) is 6.87. The largest absolute Gasteiger partial charge is 0.480 e. The summed E-state index contributed by atoms with van der Waals surface area (Å²) in [6, 6.07) is 6.94. The molecule has 1 heterocycles. The van der Waals surface area contributed by atoms with Crippen LogP contribution in [0.5, 0.6) is 5.75 Å². The highest BCUT2D eigenvalue weighted by Crippen LogP contribution is 2.36. The summed E-state index contributed by atoms with van der Waals surface area (Å²) in [6.45, 7) is 3.30. The molecule has 162 valence electrons. The van der Waals surface area contributed by atoms with Crippen LogP contribution in [-0.2, 0) is 15.7 Å². The number of rotatable bonds is 5. The van der Waals surface area contributed by atoms with Gasteiger partial charge in [0, 0.05) is 13.1 Å². The number of hydrogen-bond acceptors (Lipinski definition) is 4. The number of halogens is 5. The lowest BCUT2D eigenvalue weighted by molar-refractivity contribution is -0.137. The second kappa shape index (κ2) is 9.22. The van der Waals surface area contributed by atoms with E-state index in [1.165, 1.54) is 31.2 Å². The minimum atomic E-state index is -4.55. The molecular formula is C20H19BrF4N2O3. The molecule has 2 aromatic carbocycles. The molecule has 1 amide bonds. The number of alkyl halides is 3. The van der Waals surface area contributed by atoms with Crippen LogP contribution in [0.25, 0.3) is 0 Å². The fourth-order valence-electron chi connectivity index (χ4n) is 2.94. The molecule has 30 heavy (non-hydrogen) atoms. The van der Waals surface area contributed by atoms with E-state index in [-0.39, 0.29) is 11.4 Å². The summed E-state index contributed by atoms with van der Waals surface area (Å²) < 4.78 is 63.9. The van der Waals surface area contributed by atoms with E-state index in [0.717, 1.165) is 12.1 Å². The normalized spacial score (nSPS) is 15.6. The first-order chi connectivity index (χ1) is 14.1. The van der Waals surface area contributed by atoms with Gasteiger partial charge in [-0.25, -0.2) is 4.39 Å². The number of nitrogens with one attached hydrogen (secondary N) is 1. The van der Waals surface area contributed by atoms with Crippen LogP contribution in [0.2, 0.25) is 0 Å². The number of morpholine rings is 1. The van der Waals surface area contributed by atoms with Gasteiger partial charge in [-0.15, -0.1) is 0 Å². The van der Waals surface area contributed by atoms with E-state index in [1.807, 2.05) is 4.90 Å². The van der Waals surface area contributed by atoms with Crippen LogP contribution in [0.1, 0.15) is 12.5 Å². The predicted molar refractivity (Wildman–Crippen MR) is 107 cm³/mol. The molecule has 10 heteroatoms. The Hall–Kier alpha value is -2.33. The lowest BCUT2D eigenvalue weighted by Gasteiger charge is -2.31. The molecule has 0 bridgehead atoms. The number of anilines is 2. The Labute approximate surface area is 179 Å². The Bertz CT molecular complexity index is 917. The second-order valence-corrected chi connectivity index (χ2v) is 7.51. The van der Waals surface area contributed by atoms with Crippen molar-refractivity contribution >= 4 is 33.2 Å². The number of ether oxygens (including phenoxy) is 2. The standard InChI is InChI=1S/C20H19BrF4N2O3/c1-12(30-18-5-3-14(22)11-15(18)21)19(28)26-16-10-13(20(23,24)25)2-4-17(16)27-6-8-29-9-7-27/h2-5,10-12H,6-9H2,1H3,(H,26,28). The molecular weight excluding hydrogens is 472 g/mol. The van der Waals surface area contributed by atoms with Crippen molar-refractivity contribution in [2.45, 2.75) is 19.2 Å². The van der Waals surface area contributed by atoms with Gasteiger partial charge in [0.2, 0.25) is 0 Å². The fourth-order valence-corrected chi connectivity index (χ4v) is 3.39. The van der Waals surface area contributed by atoms with Gasteiger partial charge in [0.1, 0.15) is 11.6 Å². The zero-order chi connectivity index (χ0) is 21.9. The van der Waals surface area contributed by atoms with Crippen LogP contribution in [-0.4, -0.2) is 38.3 Å². The Morgan fingerprint density at radius 2 is 1.90 bits per heavy atom. The van der Waals surface area contributed by atoms with E-state index in [1.54, 1.807) is 0 Å². The molecule has 0 spiro atoms. The fraction of sp³-hybridized carbons (Fsp3) is 0.350. The van der Waals surface area contributed by atoms with E-state index in [0.29, 0.717) is 36.5 Å². The van der Waals surface area contributed by atoms with E-state index < -0.39 is 29.6 Å². The maximum atomic E-state index is 13.2. The number of nitrogens with zero attached hydrogens (tertiary/aromatic N) is 1. The maximum Gasteiger partial charge on any atom is 0.416 e. The van der Waals surface area contributed by atoms with Crippen molar-refractivity contribution < 1.29 is 31.8 Å². The first-order valence-corrected chi connectivity index (χ1v) is 9.91. The first kappa shape index (κ1) is 22.4. The van der Waals surface area contributed by atoms with Gasteiger partial charge in [-0.1, -0.05) is 0 Å². The lowest BCUT2D eigenvalue weighted by atomic mass is 10.1. The quantitative estimate of drug-likeness (QED) is 0.608. The van der Waals surface area contributed by atoms with Crippen molar-refractivity contribution in [2.24, 2.45) is 0 Å². The molecule has 0 saturated carbocycles. The summed E-state index contributed by atoms with van der Waals surface area (Å²) in [4.78, 5) is 14.5. The Morgan fingerprint density at radius 3 is 2.53 bits per heavy atom. The van der Waals surface area contributed by atoms with Gasteiger partial charge in [0.05, 0.1) is 34.6 Å². The van der Waals surface area contributed by atoms with Crippen molar-refractivity contribution in [1.82, 2.24) is 0 Å². The summed E-state index contributed by atoms with van der Waals surface area (Å²) in [5.41, 5.74) is -0.371. The SMILES string of the molecule is CC(Oc1ccc(F)cc1Br)C(=O)Nc1cc(C(F)(F)F)ccc1N1CCOCC1. The smallest absolute Gasteiger partial charge is 0.416 e.